The maximum atomic E-state index is 5.87. The highest BCUT2D eigenvalue weighted by Crippen LogP contribution is 2.27. The first-order valence-electron chi connectivity index (χ1n) is 6.03. The Morgan fingerprint density at radius 2 is 1.70 bits per heavy atom. The number of hydrogen-bond donors (Lipinski definition) is 2. The van der Waals surface area contributed by atoms with Crippen LogP contribution in [-0.4, -0.2) is 15.1 Å². The molecule has 0 amide bonds. The lowest BCUT2D eigenvalue weighted by molar-refractivity contribution is 0.772. The van der Waals surface area contributed by atoms with Gasteiger partial charge in [-0.05, 0) is 29.5 Å². The average molecular weight is 286 g/mol. The summed E-state index contributed by atoms with van der Waals surface area (Å²) in [6.45, 7) is 0. The number of nitrogens with two attached hydrogens (primary N) is 1. The van der Waals surface area contributed by atoms with Crippen molar-refractivity contribution in [1.82, 2.24) is 15.1 Å². The summed E-state index contributed by atoms with van der Waals surface area (Å²) in [4.78, 5) is 1.22. The molecule has 3 N–H and O–H groups in total. The van der Waals surface area contributed by atoms with Crippen molar-refractivity contribution in [2.24, 2.45) is 0 Å². The smallest absolute Gasteiger partial charge is 0.180 e. The zero-order valence-corrected chi connectivity index (χ0v) is 11.2. The Balaban J connectivity index is 1.97. The maximum absolute atomic E-state index is 5.87. The highest BCUT2D eigenvalue weighted by Gasteiger charge is 2.13. The summed E-state index contributed by atoms with van der Waals surface area (Å²) in [6, 6.07) is 17.1. The van der Waals surface area contributed by atoms with E-state index in [4.69, 9.17) is 17.4 Å². The molecule has 5 nitrogen and oxygen atoms in total. The van der Waals surface area contributed by atoms with Crippen molar-refractivity contribution >= 4 is 23.1 Å². The van der Waals surface area contributed by atoms with Crippen molar-refractivity contribution < 1.29 is 0 Å². The number of aromatic nitrogens is 3. The molecule has 2 aromatic carbocycles. The molecular weight excluding hydrogens is 274 g/mol. The van der Waals surface area contributed by atoms with Crippen molar-refractivity contribution in [2.45, 2.75) is 0 Å². The van der Waals surface area contributed by atoms with Gasteiger partial charge in [0, 0.05) is 16.3 Å². The van der Waals surface area contributed by atoms with Gasteiger partial charge < -0.3 is 11.2 Å². The van der Waals surface area contributed by atoms with E-state index in [2.05, 4.69) is 15.6 Å². The van der Waals surface area contributed by atoms with Gasteiger partial charge in [0.25, 0.3) is 0 Å². The molecule has 1 heterocycles. The molecule has 3 aromatic rings. The second-order valence-electron chi connectivity index (χ2n) is 4.23. The molecule has 0 saturated carbocycles. The molecule has 20 heavy (non-hydrogen) atoms. The third-order valence-corrected chi connectivity index (χ3v) is 3.10. The third kappa shape index (κ3) is 2.44. The molecule has 6 heteroatoms. The van der Waals surface area contributed by atoms with Crippen LogP contribution in [0.1, 0.15) is 0 Å². The van der Waals surface area contributed by atoms with Crippen LogP contribution in [0, 0.1) is 0 Å². The van der Waals surface area contributed by atoms with Crippen LogP contribution in [0.3, 0.4) is 0 Å². The second-order valence-corrected chi connectivity index (χ2v) is 4.67. The number of rotatable bonds is 3. The number of benzene rings is 2. The van der Waals surface area contributed by atoms with E-state index in [9.17, 15) is 0 Å². The molecular formula is C14H12ClN5. The predicted octanol–water partition coefficient (Wildman–Crippen LogP) is 3.06. The van der Waals surface area contributed by atoms with E-state index in [1.165, 1.54) is 4.79 Å². The van der Waals surface area contributed by atoms with E-state index in [-0.39, 0.29) is 0 Å². The molecule has 0 aliphatic carbocycles. The van der Waals surface area contributed by atoms with E-state index in [1.54, 1.807) is 12.1 Å². The molecule has 0 atom stereocenters. The van der Waals surface area contributed by atoms with E-state index in [1.807, 2.05) is 42.5 Å². The second kappa shape index (κ2) is 5.22. The lowest BCUT2D eigenvalue weighted by Crippen LogP contribution is -2.13. The van der Waals surface area contributed by atoms with Crippen LogP contribution in [0.4, 0.5) is 11.5 Å². The van der Waals surface area contributed by atoms with Crippen molar-refractivity contribution in [3.05, 3.63) is 59.6 Å². The minimum Gasteiger partial charge on any atom is -0.337 e. The minimum atomic E-state index is 0.624. The summed E-state index contributed by atoms with van der Waals surface area (Å²) in [5.41, 5.74) is 2.50. The van der Waals surface area contributed by atoms with Gasteiger partial charge in [0.05, 0.1) is 0 Å². The first-order chi connectivity index (χ1) is 9.74. The van der Waals surface area contributed by atoms with Gasteiger partial charge in [-0.1, -0.05) is 41.9 Å². The molecule has 0 saturated heterocycles. The molecule has 0 unspecified atom stereocenters. The standard InChI is InChI=1S/C14H12ClN5/c15-11-6-8-12(9-7-11)17-14-13(18-19-20(14)16)10-4-2-1-3-5-10/h1-9,17H,16H2. The molecule has 0 aliphatic rings. The van der Waals surface area contributed by atoms with Crippen molar-refractivity contribution in [3.63, 3.8) is 0 Å². The summed E-state index contributed by atoms with van der Waals surface area (Å²) in [6.07, 6.45) is 0. The van der Waals surface area contributed by atoms with Crippen LogP contribution in [-0.2, 0) is 0 Å². The molecule has 1 aromatic heterocycles. The molecule has 3 rings (SSSR count). The van der Waals surface area contributed by atoms with Crippen molar-refractivity contribution in [3.8, 4) is 11.3 Å². The number of nitrogens with one attached hydrogen (secondary N) is 1. The lowest BCUT2D eigenvalue weighted by Gasteiger charge is -2.08. The molecule has 0 fully saturated rings. The average Bonchev–Trinajstić information content (AvgIpc) is 2.84. The van der Waals surface area contributed by atoms with Gasteiger partial charge in [-0.2, -0.15) is 0 Å². The fraction of sp³-hybridized carbons (Fsp3) is 0. The quantitative estimate of drug-likeness (QED) is 0.726. The van der Waals surface area contributed by atoms with Gasteiger partial charge in [-0.3, -0.25) is 0 Å². The largest absolute Gasteiger partial charge is 0.337 e. The van der Waals surface area contributed by atoms with E-state index >= 15 is 0 Å². The number of anilines is 2. The lowest BCUT2D eigenvalue weighted by atomic mass is 10.1. The summed E-state index contributed by atoms with van der Waals surface area (Å²) < 4.78 is 0. The fourth-order valence-corrected chi connectivity index (χ4v) is 2.00. The van der Waals surface area contributed by atoms with Crippen LogP contribution in [0.5, 0.6) is 0 Å². The number of nitrogens with zero attached hydrogens (tertiary/aromatic N) is 3. The Morgan fingerprint density at radius 3 is 2.40 bits per heavy atom. The number of hydrogen-bond acceptors (Lipinski definition) is 4. The van der Waals surface area contributed by atoms with E-state index < -0.39 is 0 Å². The SMILES string of the molecule is Nn1nnc(-c2ccccc2)c1Nc1ccc(Cl)cc1. The van der Waals surface area contributed by atoms with Gasteiger partial charge in [-0.25, -0.2) is 0 Å². The predicted molar refractivity (Wildman–Crippen MR) is 80.3 cm³/mol. The fourth-order valence-electron chi connectivity index (χ4n) is 1.87. The van der Waals surface area contributed by atoms with Gasteiger partial charge >= 0.3 is 0 Å². The van der Waals surface area contributed by atoms with Gasteiger partial charge in [0.15, 0.2) is 5.82 Å². The zero-order chi connectivity index (χ0) is 13.9. The van der Waals surface area contributed by atoms with Crippen molar-refractivity contribution in [2.75, 3.05) is 11.2 Å². The van der Waals surface area contributed by atoms with Crippen LogP contribution in [0.2, 0.25) is 5.02 Å². The third-order valence-electron chi connectivity index (χ3n) is 2.85. The molecule has 0 spiro atoms. The van der Waals surface area contributed by atoms with Crippen LogP contribution in [0.25, 0.3) is 11.3 Å². The highest BCUT2D eigenvalue weighted by molar-refractivity contribution is 6.30. The van der Waals surface area contributed by atoms with Gasteiger partial charge in [0.2, 0.25) is 0 Å². The Bertz CT molecular complexity index is 706. The van der Waals surface area contributed by atoms with Crippen LogP contribution in [0.15, 0.2) is 54.6 Å². The topological polar surface area (TPSA) is 68.8 Å². The van der Waals surface area contributed by atoms with Crippen LogP contribution < -0.4 is 11.2 Å². The Labute approximate surface area is 121 Å². The minimum absolute atomic E-state index is 0.624. The normalized spacial score (nSPS) is 10.4. The zero-order valence-electron chi connectivity index (χ0n) is 10.5. The Morgan fingerprint density at radius 1 is 1.00 bits per heavy atom. The van der Waals surface area contributed by atoms with Crippen LogP contribution >= 0.6 is 11.6 Å². The van der Waals surface area contributed by atoms with E-state index in [0.29, 0.717) is 16.5 Å². The molecule has 0 bridgehead atoms. The molecule has 0 radical (unpaired) electrons. The summed E-state index contributed by atoms with van der Waals surface area (Å²) in [5.74, 6) is 6.43. The van der Waals surface area contributed by atoms with E-state index in [0.717, 1.165) is 11.3 Å². The van der Waals surface area contributed by atoms with Gasteiger partial charge in [0.1, 0.15) is 5.69 Å². The maximum Gasteiger partial charge on any atom is 0.180 e. The molecule has 100 valence electrons. The summed E-state index contributed by atoms with van der Waals surface area (Å²) in [5, 5.41) is 11.8. The number of halogens is 1. The monoisotopic (exact) mass is 285 g/mol. The summed E-state index contributed by atoms with van der Waals surface area (Å²) in [7, 11) is 0. The summed E-state index contributed by atoms with van der Waals surface area (Å²) >= 11 is 5.87. The molecule has 0 aliphatic heterocycles. The Kier molecular flexibility index (Phi) is 3.26. The Hall–Kier alpha value is -2.53. The van der Waals surface area contributed by atoms with Gasteiger partial charge in [-0.15, -0.1) is 9.89 Å². The van der Waals surface area contributed by atoms with Crippen molar-refractivity contribution in [1.29, 1.82) is 0 Å². The number of nitrogen functional groups attached to an aromatic ring is 1. The highest BCUT2D eigenvalue weighted by atomic mass is 35.5. The first kappa shape index (κ1) is 12.5. The first-order valence-corrected chi connectivity index (χ1v) is 6.40.